The lowest BCUT2D eigenvalue weighted by atomic mass is 10.1. The molecule has 0 saturated carbocycles. The van der Waals surface area contributed by atoms with Crippen LogP contribution in [0.4, 0.5) is 5.00 Å². The fraction of sp³-hybridized carbons (Fsp3) is 0.375. The number of thiophene rings is 2. The summed E-state index contributed by atoms with van der Waals surface area (Å²) in [5.41, 5.74) is 1.49. The monoisotopic (exact) mass is 573 g/mol. The molecule has 5 rings (SSSR count). The predicted octanol–water partition coefficient (Wildman–Crippen LogP) is 8.76. The van der Waals surface area contributed by atoms with Gasteiger partial charge in [-0.2, -0.15) is 5.26 Å². The number of nitriles is 1. The van der Waals surface area contributed by atoms with Crippen LogP contribution in [0.1, 0.15) is 51.8 Å². The highest BCUT2D eigenvalue weighted by atomic mass is 32.1. The first-order chi connectivity index (χ1) is 19.0. The van der Waals surface area contributed by atoms with Crippen molar-refractivity contribution in [3.05, 3.63) is 59.3 Å². The third-order valence-corrected chi connectivity index (χ3v) is 8.88. The largest absolute Gasteiger partial charge is 0.435 e. The number of anilines is 1. The van der Waals surface area contributed by atoms with Crippen LogP contribution >= 0.6 is 22.7 Å². The molecule has 0 aliphatic heterocycles. The number of ether oxygens (including phenoxy) is 2. The molecule has 40 heavy (non-hydrogen) atoms. The topological polar surface area (TPSA) is 71.5 Å². The highest BCUT2D eigenvalue weighted by Crippen LogP contribution is 2.38. The van der Waals surface area contributed by atoms with Crippen LogP contribution < -0.4 is 4.90 Å². The molecule has 0 aliphatic rings. The second kappa shape index (κ2) is 11.3. The molecule has 0 bridgehead atoms. The van der Waals surface area contributed by atoms with E-state index in [1.165, 1.54) is 19.8 Å². The Hall–Kier alpha value is -3.22. The first kappa shape index (κ1) is 28.3. The van der Waals surface area contributed by atoms with E-state index in [4.69, 9.17) is 13.9 Å². The zero-order valence-electron chi connectivity index (χ0n) is 23.9. The third-order valence-electron chi connectivity index (χ3n) is 6.63. The number of rotatable bonds is 10. The average Bonchev–Trinajstić information content (AvgIpc) is 3.60. The fourth-order valence-corrected chi connectivity index (χ4v) is 6.53. The molecule has 208 valence electrons. The summed E-state index contributed by atoms with van der Waals surface area (Å²) in [5, 5.41) is 13.4. The maximum atomic E-state index is 9.79. The number of likely N-dealkylation sites (N-methyl/N-ethyl adjacent to an activating group) is 1. The average molecular weight is 574 g/mol. The van der Waals surface area contributed by atoms with Crippen molar-refractivity contribution in [2.24, 2.45) is 0 Å². The lowest BCUT2D eigenvalue weighted by molar-refractivity contribution is -0.0644. The van der Waals surface area contributed by atoms with Gasteiger partial charge in [0.05, 0.1) is 22.8 Å². The Morgan fingerprint density at radius 1 is 1.00 bits per heavy atom. The molecule has 0 N–H and O–H groups in total. The molecular formula is C32H35N3O3S2. The lowest BCUT2D eigenvalue weighted by Crippen LogP contribution is -2.32. The maximum absolute atomic E-state index is 9.79. The molecule has 6 nitrogen and oxygen atoms in total. The van der Waals surface area contributed by atoms with Crippen LogP contribution in [0.3, 0.4) is 0 Å². The van der Waals surface area contributed by atoms with Crippen molar-refractivity contribution in [1.29, 1.82) is 5.26 Å². The number of hydrogen-bond donors (Lipinski definition) is 0. The van der Waals surface area contributed by atoms with Crippen molar-refractivity contribution < 1.29 is 13.9 Å². The molecule has 2 aromatic carbocycles. The standard InChI is InChI=1S/C32H35N3O3S2/c1-31(2,3)36-13-11-32(4,5)37-14-12-35(6)29-18-22-15-21-16-24(39-27(21)19-28(22)40-29)17-23(20-33)30-34-25-9-7-8-10-26(25)38-30/h7-10,15-19H,11-14H2,1-6H3/b23-17+. The number of fused-ring (bicyclic) bond motifs is 3. The van der Waals surface area contributed by atoms with Gasteiger partial charge in [0, 0.05) is 34.5 Å². The summed E-state index contributed by atoms with van der Waals surface area (Å²) in [7, 11) is 2.12. The Labute approximate surface area is 243 Å². The van der Waals surface area contributed by atoms with Crippen LogP contribution in [0.15, 0.2) is 52.9 Å². The van der Waals surface area contributed by atoms with Gasteiger partial charge in [0.2, 0.25) is 5.89 Å². The number of allylic oxidation sites excluding steroid dienone is 1. The van der Waals surface area contributed by atoms with E-state index in [1.54, 1.807) is 22.7 Å². The highest BCUT2D eigenvalue weighted by Gasteiger charge is 2.21. The maximum Gasteiger partial charge on any atom is 0.238 e. The first-order valence-electron chi connectivity index (χ1n) is 13.4. The summed E-state index contributed by atoms with van der Waals surface area (Å²) < 4.78 is 20.3. The van der Waals surface area contributed by atoms with E-state index < -0.39 is 0 Å². The molecule has 0 saturated heterocycles. The van der Waals surface area contributed by atoms with Crippen molar-refractivity contribution in [3.8, 4) is 6.07 Å². The second-order valence-corrected chi connectivity index (χ2v) is 13.7. The molecule has 0 amide bonds. The van der Waals surface area contributed by atoms with Crippen LogP contribution in [0.2, 0.25) is 0 Å². The molecule has 5 aromatic rings. The molecule has 3 aromatic heterocycles. The Kier molecular flexibility index (Phi) is 8.03. The number of oxazole rings is 1. The second-order valence-electron chi connectivity index (χ2n) is 11.6. The van der Waals surface area contributed by atoms with Crippen LogP contribution in [0, 0.1) is 11.3 Å². The number of benzene rings is 2. The van der Waals surface area contributed by atoms with E-state index in [0.29, 0.717) is 30.3 Å². The molecule has 8 heteroatoms. The number of aromatic nitrogens is 1. The molecule has 0 fully saturated rings. The summed E-state index contributed by atoms with van der Waals surface area (Å²) in [6.07, 6.45) is 2.72. The summed E-state index contributed by atoms with van der Waals surface area (Å²) >= 11 is 3.45. The zero-order valence-corrected chi connectivity index (χ0v) is 25.5. The van der Waals surface area contributed by atoms with Gasteiger partial charge in [0.1, 0.15) is 17.2 Å². The zero-order chi connectivity index (χ0) is 28.5. The Morgan fingerprint density at radius 2 is 1.75 bits per heavy atom. The van der Waals surface area contributed by atoms with Crippen molar-refractivity contribution in [2.75, 3.05) is 31.7 Å². The van der Waals surface area contributed by atoms with Gasteiger partial charge in [0.15, 0.2) is 5.58 Å². The number of para-hydroxylation sites is 2. The third kappa shape index (κ3) is 6.73. The fourth-order valence-electron chi connectivity index (χ4n) is 4.36. The van der Waals surface area contributed by atoms with Crippen LogP contribution in [-0.2, 0) is 9.47 Å². The number of nitrogens with zero attached hydrogens (tertiary/aromatic N) is 3. The normalized spacial score (nSPS) is 13.0. The van der Waals surface area contributed by atoms with E-state index >= 15 is 0 Å². The minimum absolute atomic E-state index is 0.128. The van der Waals surface area contributed by atoms with Crippen molar-refractivity contribution in [3.63, 3.8) is 0 Å². The van der Waals surface area contributed by atoms with Crippen molar-refractivity contribution in [1.82, 2.24) is 4.98 Å². The summed E-state index contributed by atoms with van der Waals surface area (Å²) in [6.45, 7) is 12.6. The van der Waals surface area contributed by atoms with E-state index in [-0.39, 0.29) is 11.2 Å². The van der Waals surface area contributed by atoms with Crippen LogP contribution in [-0.4, -0.2) is 43.0 Å². The highest BCUT2D eigenvalue weighted by molar-refractivity contribution is 7.24. The predicted molar refractivity (Wildman–Crippen MR) is 168 cm³/mol. The minimum atomic E-state index is -0.228. The molecule has 0 spiro atoms. The SMILES string of the molecule is CN(CCOC(C)(C)CCOC(C)(C)C)c1cc2cc3cc(/C=C(\C#N)c4nc5ccccc5o4)sc3cc2s1. The van der Waals surface area contributed by atoms with E-state index in [9.17, 15) is 5.26 Å². The smallest absolute Gasteiger partial charge is 0.238 e. The van der Waals surface area contributed by atoms with E-state index in [1.807, 2.05) is 30.3 Å². The van der Waals surface area contributed by atoms with Gasteiger partial charge in [-0.1, -0.05) is 12.1 Å². The first-order valence-corrected chi connectivity index (χ1v) is 15.1. The Bertz CT molecular complexity index is 1630. The van der Waals surface area contributed by atoms with Gasteiger partial charge >= 0.3 is 0 Å². The molecular weight excluding hydrogens is 539 g/mol. The lowest BCUT2D eigenvalue weighted by Gasteiger charge is -2.29. The van der Waals surface area contributed by atoms with Gasteiger partial charge in [-0.25, -0.2) is 4.98 Å². The van der Waals surface area contributed by atoms with Crippen LogP contribution in [0.5, 0.6) is 0 Å². The number of hydrogen-bond acceptors (Lipinski definition) is 8. The molecule has 0 atom stereocenters. The van der Waals surface area contributed by atoms with Crippen LogP contribution in [0.25, 0.3) is 42.9 Å². The van der Waals surface area contributed by atoms with E-state index in [0.717, 1.165) is 28.7 Å². The van der Waals surface area contributed by atoms with Gasteiger partial charge in [-0.05, 0) is 94.3 Å². The summed E-state index contributed by atoms with van der Waals surface area (Å²) in [6, 6.07) is 18.6. The van der Waals surface area contributed by atoms with E-state index in [2.05, 4.69) is 81.9 Å². The molecule has 0 aliphatic carbocycles. The molecule has 0 radical (unpaired) electrons. The van der Waals surface area contributed by atoms with Gasteiger partial charge in [-0.3, -0.25) is 0 Å². The van der Waals surface area contributed by atoms with Gasteiger partial charge < -0.3 is 18.8 Å². The molecule has 0 unspecified atom stereocenters. The minimum Gasteiger partial charge on any atom is -0.435 e. The van der Waals surface area contributed by atoms with Gasteiger partial charge in [-0.15, -0.1) is 22.7 Å². The summed E-state index contributed by atoms with van der Waals surface area (Å²) in [4.78, 5) is 7.74. The Morgan fingerprint density at radius 3 is 2.50 bits per heavy atom. The molecule has 3 heterocycles. The quantitative estimate of drug-likeness (QED) is 0.156. The Balaban J connectivity index is 1.26. The van der Waals surface area contributed by atoms with Crippen molar-refractivity contribution in [2.45, 2.75) is 52.2 Å². The van der Waals surface area contributed by atoms with Crippen molar-refractivity contribution >= 4 is 70.6 Å². The van der Waals surface area contributed by atoms with Gasteiger partial charge in [0.25, 0.3) is 0 Å². The summed E-state index contributed by atoms with van der Waals surface area (Å²) in [5.74, 6) is 0.348.